The molecule has 0 aromatic heterocycles. The number of halogens is 1. The molecular weight excluding hydrogens is 253 g/mol. The molecule has 112 valence electrons. The van der Waals surface area contributed by atoms with Gasteiger partial charge in [0.15, 0.2) is 5.96 Å². The van der Waals surface area contributed by atoms with E-state index in [0.29, 0.717) is 18.5 Å². The van der Waals surface area contributed by atoms with Crippen LogP contribution in [0.4, 0.5) is 4.39 Å². The van der Waals surface area contributed by atoms with Gasteiger partial charge in [-0.1, -0.05) is 26.0 Å². The second-order valence-electron chi connectivity index (χ2n) is 5.57. The summed E-state index contributed by atoms with van der Waals surface area (Å²) in [6, 6.07) is 6.88. The lowest BCUT2D eigenvalue weighted by molar-refractivity contribution is 0.489. The number of hydrogen-bond acceptors (Lipinski definition) is 1. The Morgan fingerprint density at radius 1 is 1.15 bits per heavy atom. The van der Waals surface area contributed by atoms with Crippen molar-refractivity contribution in [3.63, 3.8) is 0 Å². The Labute approximate surface area is 121 Å². The molecule has 1 unspecified atom stereocenters. The smallest absolute Gasteiger partial charge is 0.191 e. The second kappa shape index (κ2) is 8.56. The van der Waals surface area contributed by atoms with E-state index in [-0.39, 0.29) is 5.82 Å². The van der Waals surface area contributed by atoms with Gasteiger partial charge < -0.3 is 10.6 Å². The van der Waals surface area contributed by atoms with Crippen LogP contribution in [0, 0.1) is 11.7 Å². The summed E-state index contributed by atoms with van der Waals surface area (Å²) in [5.41, 5.74) is 1.03. The van der Waals surface area contributed by atoms with Crippen molar-refractivity contribution in [3.05, 3.63) is 35.6 Å². The molecule has 0 aliphatic heterocycles. The Balaban J connectivity index is 2.38. The van der Waals surface area contributed by atoms with Crippen LogP contribution in [0.1, 0.15) is 39.2 Å². The molecule has 1 rings (SSSR count). The highest BCUT2D eigenvalue weighted by Crippen LogP contribution is 2.06. The van der Waals surface area contributed by atoms with Gasteiger partial charge in [0.05, 0.1) is 0 Å². The summed E-state index contributed by atoms with van der Waals surface area (Å²) in [5, 5.41) is 6.61. The average molecular weight is 279 g/mol. The number of rotatable bonds is 6. The molecule has 0 bridgehead atoms. The maximum atomic E-state index is 12.8. The molecule has 0 heterocycles. The Morgan fingerprint density at radius 2 is 1.80 bits per heavy atom. The van der Waals surface area contributed by atoms with Crippen LogP contribution in [0.3, 0.4) is 0 Å². The first kappa shape index (κ1) is 16.5. The monoisotopic (exact) mass is 279 g/mol. The number of aliphatic imine (C=N–C) groups is 1. The number of guanidine groups is 1. The Kier molecular flexibility index (Phi) is 7.05. The zero-order valence-corrected chi connectivity index (χ0v) is 12.9. The van der Waals surface area contributed by atoms with Crippen molar-refractivity contribution in [1.82, 2.24) is 10.6 Å². The maximum absolute atomic E-state index is 12.8. The molecule has 0 aliphatic rings. The van der Waals surface area contributed by atoms with Gasteiger partial charge in [-0.15, -0.1) is 0 Å². The lowest BCUT2D eigenvalue weighted by Crippen LogP contribution is -2.41. The number of hydrogen-bond donors (Lipinski definition) is 2. The molecule has 0 saturated carbocycles. The van der Waals surface area contributed by atoms with E-state index in [2.05, 4.69) is 36.4 Å². The minimum atomic E-state index is -0.210. The van der Waals surface area contributed by atoms with E-state index in [1.54, 1.807) is 19.2 Å². The van der Waals surface area contributed by atoms with E-state index in [9.17, 15) is 4.39 Å². The van der Waals surface area contributed by atoms with Gasteiger partial charge in [-0.3, -0.25) is 4.99 Å². The predicted molar refractivity (Wildman–Crippen MR) is 83.3 cm³/mol. The van der Waals surface area contributed by atoms with Gasteiger partial charge in [-0.25, -0.2) is 4.39 Å². The highest BCUT2D eigenvalue weighted by atomic mass is 19.1. The zero-order valence-electron chi connectivity index (χ0n) is 12.9. The van der Waals surface area contributed by atoms with Crippen LogP contribution in [0.15, 0.2) is 29.3 Å². The van der Waals surface area contributed by atoms with Gasteiger partial charge in [0, 0.05) is 19.6 Å². The lowest BCUT2D eigenvalue weighted by atomic mass is 10.0. The van der Waals surface area contributed by atoms with Crippen LogP contribution in [0.2, 0.25) is 0 Å². The van der Waals surface area contributed by atoms with Crippen LogP contribution in [0.25, 0.3) is 0 Å². The molecule has 1 aromatic carbocycles. The zero-order chi connectivity index (χ0) is 15.0. The summed E-state index contributed by atoms with van der Waals surface area (Å²) in [6.07, 6.45) is 2.32. The minimum absolute atomic E-state index is 0.210. The van der Waals surface area contributed by atoms with Crippen molar-refractivity contribution in [3.8, 4) is 0 Å². The normalized spacial score (nSPS) is 13.4. The molecule has 0 amide bonds. The Hall–Kier alpha value is -1.58. The van der Waals surface area contributed by atoms with E-state index in [1.807, 2.05) is 0 Å². The number of nitrogens with one attached hydrogen (secondary N) is 2. The van der Waals surface area contributed by atoms with Crippen molar-refractivity contribution in [2.75, 3.05) is 7.05 Å². The molecule has 0 spiro atoms. The average Bonchev–Trinajstić information content (AvgIpc) is 2.43. The second-order valence-corrected chi connectivity index (χ2v) is 5.57. The number of benzene rings is 1. The molecule has 0 fully saturated rings. The standard InChI is InChI=1S/C16H26FN3/c1-12(2)5-6-13(3)20-16(18-4)19-11-14-7-9-15(17)10-8-14/h7-10,12-13H,5-6,11H2,1-4H3,(H2,18,19,20). The van der Waals surface area contributed by atoms with Crippen LogP contribution in [0.5, 0.6) is 0 Å². The molecule has 1 atom stereocenters. The van der Waals surface area contributed by atoms with Gasteiger partial charge in [0.1, 0.15) is 5.82 Å². The molecule has 0 saturated heterocycles. The molecule has 1 aromatic rings. The largest absolute Gasteiger partial charge is 0.354 e. The molecule has 4 heteroatoms. The first-order chi connectivity index (χ1) is 9.51. The minimum Gasteiger partial charge on any atom is -0.354 e. The highest BCUT2D eigenvalue weighted by molar-refractivity contribution is 5.79. The summed E-state index contributed by atoms with van der Waals surface area (Å²) >= 11 is 0. The lowest BCUT2D eigenvalue weighted by Gasteiger charge is -2.18. The van der Waals surface area contributed by atoms with E-state index in [0.717, 1.165) is 17.9 Å². The van der Waals surface area contributed by atoms with E-state index in [1.165, 1.54) is 18.6 Å². The third-order valence-corrected chi connectivity index (χ3v) is 3.16. The van der Waals surface area contributed by atoms with Gasteiger partial charge in [-0.05, 0) is 43.4 Å². The van der Waals surface area contributed by atoms with Crippen molar-refractivity contribution < 1.29 is 4.39 Å². The van der Waals surface area contributed by atoms with Crippen molar-refractivity contribution in [2.45, 2.75) is 46.2 Å². The molecule has 3 nitrogen and oxygen atoms in total. The summed E-state index contributed by atoms with van der Waals surface area (Å²) in [6.45, 7) is 7.26. The topological polar surface area (TPSA) is 36.4 Å². The predicted octanol–water partition coefficient (Wildman–Crippen LogP) is 3.32. The summed E-state index contributed by atoms with van der Waals surface area (Å²) in [4.78, 5) is 4.21. The van der Waals surface area contributed by atoms with E-state index < -0.39 is 0 Å². The van der Waals surface area contributed by atoms with Gasteiger partial charge in [0.2, 0.25) is 0 Å². The van der Waals surface area contributed by atoms with Gasteiger partial charge in [-0.2, -0.15) is 0 Å². The Bertz CT molecular complexity index is 412. The first-order valence-electron chi connectivity index (χ1n) is 7.23. The third-order valence-electron chi connectivity index (χ3n) is 3.16. The van der Waals surface area contributed by atoms with Crippen LogP contribution in [-0.4, -0.2) is 19.0 Å². The first-order valence-corrected chi connectivity index (χ1v) is 7.23. The van der Waals surface area contributed by atoms with E-state index in [4.69, 9.17) is 0 Å². The van der Waals surface area contributed by atoms with Gasteiger partial charge >= 0.3 is 0 Å². The molecular formula is C16H26FN3. The number of nitrogens with zero attached hydrogens (tertiary/aromatic N) is 1. The molecule has 0 aliphatic carbocycles. The third kappa shape index (κ3) is 6.55. The fourth-order valence-electron chi connectivity index (χ4n) is 1.87. The molecule has 2 N–H and O–H groups in total. The van der Waals surface area contributed by atoms with Crippen molar-refractivity contribution in [2.24, 2.45) is 10.9 Å². The van der Waals surface area contributed by atoms with Crippen LogP contribution in [-0.2, 0) is 6.54 Å². The summed E-state index contributed by atoms with van der Waals surface area (Å²) in [7, 11) is 1.76. The summed E-state index contributed by atoms with van der Waals surface area (Å²) in [5.74, 6) is 1.29. The Morgan fingerprint density at radius 3 is 2.35 bits per heavy atom. The molecule has 20 heavy (non-hydrogen) atoms. The summed E-state index contributed by atoms with van der Waals surface area (Å²) < 4.78 is 12.8. The molecule has 0 radical (unpaired) electrons. The SMILES string of the molecule is CN=C(NCc1ccc(F)cc1)NC(C)CCC(C)C. The van der Waals surface area contributed by atoms with Crippen molar-refractivity contribution in [1.29, 1.82) is 0 Å². The van der Waals surface area contributed by atoms with Gasteiger partial charge in [0.25, 0.3) is 0 Å². The van der Waals surface area contributed by atoms with Crippen LogP contribution >= 0.6 is 0 Å². The highest BCUT2D eigenvalue weighted by Gasteiger charge is 2.06. The van der Waals surface area contributed by atoms with Crippen molar-refractivity contribution >= 4 is 5.96 Å². The maximum Gasteiger partial charge on any atom is 0.191 e. The van der Waals surface area contributed by atoms with Crippen LogP contribution < -0.4 is 10.6 Å². The van der Waals surface area contributed by atoms with E-state index >= 15 is 0 Å². The quantitative estimate of drug-likeness (QED) is 0.619. The fourth-order valence-corrected chi connectivity index (χ4v) is 1.87. The fraction of sp³-hybridized carbons (Fsp3) is 0.562.